The van der Waals surface area contributed by atoms with Crippen molar-refractivity contribution in [2.75, 3.05) is 13.1 Å². The van der Waals surface area contributed by atoms with E-state index in [1.54, 1.807) is 0 Å². The maximum absolute atomic E-state index is 4.78. The lowest BCUT2D eigenvalue weighted by atomic mass is 9.96. The molecule has 0 aliphatic carbocycles. The van der Waals surface area contributed by atoms with Gasteiger partial charge in [-0.25, -0.2) is 9.50 Å². The molecule has 4 rings (SSSR count). The summed E-state index contributed by atoms with van der Waals surface area (Å²) < 4.78 is 2.04. The number of rotatable bonds is 3. The normalized spacial score (nSPS) is 18.5. The Morgan fingerprint density at radius 3 is 2.83 bits per heavy atom. The average molecular weight is 318 g/mol. The van der Waals surface area contributed by atoms with Crippen LogP contribution >= 0.6 is 0 Å². The Bertz CT molecular complexity index is 858. The lowest BCUT2D eigenvalue weighted by Crippen LogP contribution is -2.29. The van der Waals surface area contributed by atoms with Gasteiger partial charge in [-0.2, -0.15) is 5.10 Å². The Balaban J connectivity index is 1.74. The molecule has 3 heterocycles. The molecule has 4 heteroatoms. The van der Waals surface area contributed by atoms with E-state index < -0.39 is 0 Å². The third kappa shape index (κ3) is 2.85. The summed E-state index contributed by atoms with van der Waals surface area (Å²) in [5, 5.41) is 8.27. The highest BCUT2D eigenvalue weighted by atomic mass is 15.3. The molecule has 1 saturated heterocycles. The standard InChI is InChI=1S/C20H22N4/c1-15-18(10-9-16-6-3-2-4-7-16)20-22-13-11-19(24(20)23-15)17-8-5-12-21-14-17/h2-4,6-7,9-11,13,17,21H,5,8,12,14H2,1H3. The average Bonchev–Trinajstić information content (AvgIpc) is 2.97. The summed E-state index contributed by atoms with van der Waals surface area (Å²) in [6.45, 7) is 4.20. The summed E-state index contributed by atoms with van der Waals surface area (Å²) in [4.78, 5) is 4.60. The predicted molar refractivity (Wildman–Crippen MR) is 97.9 cm³/mol. The fourth-order valence-corrected chi connectivity index (χ4v) is 3.44. The van der Waals surface area contributed by atoms with Gasteiger partial charge in [0, 0.05) is 24.2 Å². The Kier molecular flexibility index (Phi) is 4.13. The molecule has 1 N–H and O–H groups in total. The molecular formula is C20H22N4. The first-order valence-electron chi connectivity index (χ1n) is 8.61. The van der Waals surface area contributed by atoms with Crippen LogP contribution in [0.4, 0.5) is 0 Å². The van der Waals surface area contributed by atoms with E-state index >= 15 is 0 Å². The van der Waals surface area contributed by atoms with Crippen molar-refractivity contribution in [3.63, 3.8) is 0 Å². The van der Waals surface area contributed by atoms with Crippen molar-refractivity contribution in [2.45, 2.75) is 25.7 Å². The molecule has 122 valence electrons. The molecule has 1 unspecified atom stereocenters. The second-order valence-corrected chi connectivity index (χ2v) is 6.39. The van der Waals surface area contributed by atoms with Crippen LogP contribution in [-0.4, -0.2) is 27.7 Å². The Hall–Kier alpha value is -2.46. The number of nitrogens with one attached hydrogen (secondary N) is 1. The summed E-state index contributed by atoms with van der Waals surface area (Å²) in [6.07, 6.45) is 8.60. The number of benzene rings is 1. The van der Waals surface area contributed by atoms with E-state index in [1.165, 1.54) is 24.1 Å². The van der Waals surface area contributed by atoms with E-state index in [9.17, 15) is 0 Å². The number of aromatic nitrogens is 3. The number of aryl methyl sites for hydroxylation is 1. The molecule has 0 saturated carbocycles. The van der Waals surface area contributed by atoms with E-state index in [-0.39, 0.29) is 0 Å². The lowest BCUT2D eigenvalue weighted by Gasteiger charge is -2.23. The highest BCUT2D eigenvalue weighted by Gasteiger charge is 2.20. The van der Waals surface area contributed by atoms with Crippen molar-refractivity contribution >= 4 is 17.8 Å². The number of hydrogen-bond acceptors (Lipinski definition) is 3. The Morgan fingerprint density at radius 1 is 1.17 bits per heavy atom. The monoisotopic (exact) mass is 318 g/mol. The van der Waals surface area contributed by atoms with E-state index in [0.717, 1.165) is 30.0 Å². The zero-order valence-electron chi connectivity index (χ0n) is 13.9. The van der Waals surface area contributed by atoms with Gasteiger partial charge in [-0.1, -0.05) is 36.4 Å². The molecule has 4 nitrogen and oxygen atoms in total. The summed E-state index contributed by atoms with van der Waals surface area (Å²) in [5.41, 5.74) is 5.51. The quantitative estimate of drug-likeness (QED) is 0.801. The van der Waals surface area contributed by atoms with Gasteiger partial charge < -0.3 is 5.32 Å². The van der Waals surface area contributed by atoms with Crippen molar-refractivity contribution in [3.05, 3.63) is 65.1 Å². The molecule has 1 atom stereocenters. The van der Waals surface area contributed by atoms with Crippen LogP contribution < -0.4 is 5.32 Å². The number of nitrogens with zero attached hydrogens (tertiary/aromatic N) is 3. The van der Waals surface area contributed by atoms with Crippen LogP contribution in [0.2, 0.25) is 0 Å². The molecule has 0 amide bonds. The van der Waals surface area contributed by atoms with Gasteiger partial charge in [-0.15, -0.1) is 0 Å². The minimum absolute atomic E-state index is 0.509. The van der Waals surface area contributed by atoms with Crippen molar-refractivity contribution in [3.8, 4) is 0 Å². The van der Waals surface area contributed by atoms with Crippen LogP contribution in [0.5, 0.6) is 0 Å². The van der Waals surface area contributed by atoms with Gasteiger partial charge in [0.25, 0.3) is 0 Å². The molecule has 2 aromatic heterocycles. The topological polar surface area (TPSA) is 42.2 Å². The number of hydrogen-bond donors (Lipinski definition) is 1. The van der Waals surface area contributed by atoms with Crippen LogP contribution in [0, 0.1) is 6.92 Å². The molecule has 0 radical (unpaired) electrons. The Morgan fingerprint density at radius 2 is 2.04 bits per heavy atom. The highest BCUT2D eigenvalue weighted by Crippen LogP contribution is 2.25. The molecule has 1 aliphatic heterocycles. The minimum atomic E-state index is 0.509. The first-order valence-corrected chi connectivity index (χ1v) is 8.61. The Labute approximate surface area is 142 Å². The van der Waals surface area contributed by atoms with Gasteiger partial charge in [0.2, 0.25) is 0 Å². The fraction of sp³-hybridized carbons (Fsp3) is 0.300. The second kappa shape index (κ2) is 6.57. The SMILES string of the molecule is Cc1nn2c(C3CCCNC3)ccnc2c1C=Cc1ccccc1. The third-order valence-corrected chi connectivity index (χ3v) is 4.73. The maximum Gasteiger partial charge on any atom is 0.162 e. The first kappa shape index (κ1) is 15.1. The third-order valence-electron chi connectivity index (χ3n) is 4.73. The van der Waals surface area contributed by atoms with Crippen molar-refractivity contribution in [1.82, 2.24) is 19.9 Å². The van der Waals surface area contributed by atoms with E-state index in [4.69, 9.17) is 5.10 Å². The second-order valence-electron chi connectivity index (χ2n) is 6.39. The number of piperidine rings is 1. The van der Waals surface area contributed by atoms with Gasteiger partial charge in [0.1, 0.15) is 0 Å². The van der Waals surface area contributed by atoms with E-state index in [1.807, 2.05) is 16.8 Å². The largest absolute Gasteiger partial charge is 0.316 e. The maximum atomic E-state index is 4.78. The lowest BCUT2D eigenvalue weighted by molar-refractivity contribution is 0.448. The van der Waals surface area contributed by atoms with Crippen molar-refractivity contribution in [1.29, 1.82) is 0 Å². The van der Waals surface area contributed by atoms with Gasteiger partial charge in [0.15, 0.2) is 5.65 Å². The van der Waals surface area contributed by atoms with Crippen LogP contribution in [0.15, 0.2) is 42.6 Å². The molecule has 3 aromatic rings. The molecule has 1 fully saturated rings. The van der Waals surface area contributed by atoms with Gasteiger partial charge in [0.05, 0.1) is 11.4 Å². The van der Waals surface area contributed by atoms with Gasteiger partial charge in [-0.05, 0) is 44.0 Å². The summed E-state index contributed by atoms with van der Waals surface area (Å²) in [6, 6.07) is 12.4. The zero-order chi connectivity index (χ0) is 16.4. The van der Waals surface area contributed by atoms with Crippen LogP contribution in [-0.2, 0) is 0 Å². The summed E-state index contributed by atoms with van der Waals surface area (Å²) in [5.74, 6) is 0.509. The molecule has 1 aliphatic rings. The number of fused-ring (bicyclic) bond motifs is 1. The van der Waals surface area contributed by atoms with Crippen LogP contribution in [0.1, 0.15) is 41.3 Å². The highest BCUT2D eigenvalue weighted by molar-refractivity contribution is 5.77. The molecular weight excluding hydrogens is 296 g/mol. The van der Waals surface area contributed by atoms with Crippen molar-refractivity contribution in [2.24, 2.45) is 0 Å². The zero-order valence-corrected chi connectivity index (χ0v) is 13.9. The van der Waals surface area contributed by atoms with E-state index in [2.05, 4.69) is 59.7 Å². The minimum Gasteiger partial charge on any atom is -0.316 e. The molecule has 0 spiro atoms. The summed E-state index contributed by atoms with van der Waals surface area (Å²) >= 11 is 0. The molecule has 0 bridgehead atoms. The first-order chi connectivity index (χ1) is 11.8. The molecule has 1 aromatic carbocycles. The van der Waals surface area contributed by atoms with Crippen molar-refractivity contribution < 1.29 is 0 Å². The molecule has 24 heavy (non-hydrogen) atoms. The summed E-state index contributed by atoms with van der Waals surface area (Å²) in [7, 11) is 0. The van der Waals surface area contributed by atoms with Crippen LogP contribution in [0.3, 0.4) is 0 Å². The smallest absolute Gasteiger partial charge is 0.162 e. The fourth-order valence-electron chi connectivity index (χ4n) is 3.44. The van der Waals surface area contributed by atoms with Crippen LogP contribution in [0.25, 0.3) is 17.8 Å². The van der Waals surface area contributed by atoms with Gasteiger partial charge in [-0.3, -0.25) is 0 Å². The van der Waals surface area contributed by atoms with Gasteiger partial charge >= 0.3 is 0 Å². The predicted octanol–water partition coefficient (Wildman–Crippen LogP) is 3.68. The van der Waals surface area contributed by atoms with E-state index in [0.29, 0.717) is 5.92 Å².